The van der Waals surface area contributed by atoms with Crippen LogP contribution in [-0.2, 0) is 21.4 Å². The Labute approximate surface area is 161 Å². The van der Waals surface area contributed by atoms with E-state index in [2.05, 4.69) is 5.32 Å². The zero-order chi connectivity index (χ0) is 19.9. The van der Waals surface area contributed by atoms with Gasteiger partial charge >= 0.3 is 0 Å². The van der Waals surface area contributed by atoms with E-state index in [1.165, 1.54) is 4.31 Å². The van der Waals surface area contributed by atoms with Gasteiger partial charge in [0.25, 0.3) is 0 Å². The normalized spacial score (nSPS) is 12.2. The first-order valence-corrected chi connectivity index (χ1v) is 10.4. The van der Waals surface area contributed by atoms with Gasteiger partial charge < -0.3 is 5.32 Å². The Bertz CT molecular complexity index is 885. The fraction of sp³-hybridized carbons (Fsp3) is 0.286. The molecule has 6 heteroatoms. The average Bonchev–Trinajstić information content (AvgIpc) is 2.68. The molecule has 0 atom stereocenters. The molecule has 0 fully saturated rings. The van der Waals surface area contributed by atoms with Gasteiger partial charge in [-0.1, -0.05) is 56.3 Å². The number of allylic oxidation sites excluding steroid dienone is 1. The molecule has 0 aromatic heterocycles. The molecular weight excluding hydrogens is 360 g/mol. The highest BCUT2D eigenvalue weighted by Crippen LogP contribution is 2.16. The van der Waals surface area contributed by atoms with Crippen LogP contribution in [0, 0.1) is 0 Å². The van der Waals surface area contributed by atoms with E-state index in [0.29, 0.717) is 19.6 Å². The van der Waals surface area contributed by atoms with Crippen LogP contribution >= 0.6 is 0 Å². The predicted molar refractivity (Wildman–Crippen MR) is 108 cm³/mol. The molecule has 0 aliphatic heterocycles. The first-order chi connectivity index (χ1) is 12.9. The summed E-state index contributed by atoms with van der Waals surface area (Å²) in [4.78, 5) is 12.4. The number of nitrogens with one attached hydrogen (secondary N) is 1. The van der Waals surface area contributed by atoms with Crippen LogP contribution in [0.15, 0.2) is 65.6 Å². The van der Waals surface area contributed by atoms with Crippen LogP contribution in [0.25, 0.3) is 5.57 Å². The number of hydrogen-bond acceptors (Lipinski definition) is 3. The highest BCUT2D eigenvalue weighted by molar-refractivity contribution is 7.89. The number of carbonyl (C=O) groups is 1. The van der Waals surface area contributed by atoms with Crippen LogP contribution in [0.4, 0.5) is 0 Å². The zero-order valence-electron chi connectivity index (χ0n) is 16.0. The summed E-state index contributed by atoms with van der Waals surface area (Å²) in [6.45, 7) is 6.73. The second-order valence-corrected chi connectivity index (χ2v) is 8.08. The maximum absolute atomic E-state index is 12.5. The number of sulfonamides is 1. The molecule has 0 spiro atoms. The van der Waals surface area contributed by atoms with E-state index in [-0.39, 0.29) is 10.8 Å². The minimum atomic E-state index is -3.46. The van der Waals surface area contributed by atoms with Crippen molar-refractivity contribution in [2.75, 3.05) is 13.1 Å². The summed E-state index contributed by atoms with van der Waals surface area (Å²) in [5, 5.41) is 2.83. The Morgan fingerprint density at radius 3 is 2.15 bits per heavy atom. The van der Waals surface area contributed by atoms with Crippen molar-refractivity contribution in [1.29, 1.82) is 0 Å². The van der Waals surface area contributed by atoms with Crippen molar-refractivity contribution in [2.24, 2.45) is 0 Å². The van der Waals surface area contributed by atoms with Crippen LogP contribution in [0.2, 0.25) is 0 Å². The average molecular weight is 387 g/mol. The number of rotatable bonds is 8. The molecule has 2 aromatic rings. The lowest BCUT2D eigenvalue weighted by molar-refractivity contribution is -0.116. The van der Waals surface area contributed by atoms with Crippen molar-refractivity contribution in [1.82, 2.24) is 9.62 Å². The third kappa shape index (κ3) is 5.52. The Hall–Kier alpha value is -2.44. The molecule has 0 heterocycles. The van der Waals surface area contributed by atoms with Gasteiger partial charge in [0.1, 0.15) is 0 Å². The predicted octanol–water partition coefficient (Wildman–Crippen LogP) is 3.44. The molecule has 1 N–H and O–H groups in total. The van der Waals surface area contributed by atoms with Gasteiger partial charge in [-0.2, -0.15) is 4.31 Å². The highest BCUT2D eigenvalue weighted by atomic mass is 32.2. The van der Waals surface area contributed by atoms with Gasteiger partial charge in [-0.15, -0.1) is 0 Å². The SMILES string of the molecule is CCN(CC)S(=O)(=O)c1ccc(CNC(=O)C=C(C)c2ccccc2)cc1. The first kappa shape index (κ1) is 20.9. The smallest absolute Gasteiger partial charge is 0.244 e. The fourth-order valence-electron chi connectivity index (χ4n) is 2.71. The monoisotopic (exact) mass is 386 g/mol. The number of nitrogens with zero attached hydrogens (tertiary/aromatic N) is 1. The van der Waals surface area contributed by atoms with Crippen molar-refractivity contribution in [2.45, 2.75) is 32.2 Å². The van der Waals surface area contributed by atoms with Gasteiger partial charge in [-0.3, -0.25) is 4.79 Å². The Kier molecular flexibility index (Phi) is 7.33. The quantitative estimate of drug-likeness (QED) is 0.707. The number of benzene rings is 2. The number of amides is 1. The standard InChI is InChI=1S/C21H26N2O3S/c1-4-23(5-2)27(25,26)20-13-11-18(12-14-20)16-22-21(24)15-17(3)19-9-7-6-8-10-19/h6-15H,4-5,16H2,1-3H3,(H,22,24). The molecule has 2 rings (SSSR count). The lowest BCUT2D eigenvalue weighted by Crippen LogP contribution is -2.30. The molecule has 0 aliphatic carbocycles. The molecule has 0 saturated heterocycles. The Balaban J connectivity index is 2.00. The summed E-state index contributed by atoms with van der Waals surface area (Å²) in [6, 6.07) is 16.3. The lowest BCUT2D eigenvalue weighted by atomic mass is 10.1. The van der Waals surface area contributed by atoms with Gasteiger partial charge in [-0.05, 0) is 35.8 Å². The second kappa shape index (κ2) is 9.48. The molecule has 0 unspecified atom stereocenters. The van der Waals surface area contributed by atoms with Crippen LogP contribution in [0.5, 0.6) is 0 Å². The lowest BCUT2D eigenvalue weighted by Gasteiger charge is -2.18. The number of carbonyl (C=O) groups excluding carboxylic acids is 1. The maximum Gasteiger partial charge on any atom is 0.244 e. The third-order valence-electron chi connectivity index (χ3n) is 4.31. The summed E-state index contributed by atoms with van der Waals surface area (Å²) in [5.74, 6) is -0.184. The van der Waals surface area contributed by atoms with Gasteiger partial charge in [0.05, 0.1) is 4.90 Å². The van der Waals surface area contributed by atoms with Crippen molar-refractivity contribution in [3.63, 3.8) is 0 Å². The minimum absolute atomic E-state index is 0.184. The molecule has 0 aliphatic rings. The van der Waals surface area contributed by atoms with Crippen LogP contribution < -0.4 is 5.32 Å². The van der Waals surface area contributed by atoms with Crippen LogP contribution in [0.3, 0.4) is 0 Å². The van der Waals surface area contributed by atoms with E-state index in [1.807, 2.05) is 51.1 Å². The summed E-state index contributed by atoms with van der Waals surface area (Å²) in [6.07, 6.45) is 1.56. The largest absolute Gasteiger partial charge is 0.348 e. The summed E-state index contributed by atoms with van der Waals surface area (Å²) in [7, 11) is -3.46. The van der Waals surface area contributed by atoms with E-state index < -0.39 is 10.0 Å². The van der Waals surface area contributed by atoms with E-state index >= 15 is 0 Å². The van der Waals surface area contributed by atoms with Gasteiger partial charge in [-0.25, -0.2) is 8.42 Å². The third-order valence-corrected chi connectivity index (χ3v) is 6.37. The van der Waals surface area contributed by atoms with E-state index in [1.54, 1.807) is 30.3 Å². The molecule has 5 nitrogen and oxygen atoms in total. The van der Waals surface area contributed by atoms with Crippen molar-refractivity contribution in [3.8, 4) is 0 Å². The zero-order valence-corrected chi connectivity index (χ0v) is 16.8. The minimum Gasteiger partial charge on any atom is -0.348 e. The topological polar surface area (TPSA) is 66.5 Å². The van der Waals surface area contributed by atoms with Gasteiger partial charge in [0.2, 0.25) is 15.9 Å². The van der Waals surface area contributed by atoms with Crippen molar-refractivity contribution in [3.05, 3.63) is 71.8 Å². The molecule has 0 bridgehead atoms. The molecule has 2 aromatic carbocycles. The van der Waals surface area contributed by atoms with Crippen LogP contribution in [0.1, 0.15) is 31.9 Å². The molecule has 1 amide bonds. The van der Waals surface area contributed by atoms with Crippen LogP contribution in [-0.4, -0.2) is 31.7 Å². The maximum atomic E-state index is 12.5. The van der Waals surface area contributed by atoms with Gasteiger partial charge in [0, 0.05) is 25.7 Å². The van der Waals surface area contributed by atoms with E-state index in [4.69, 9.17) is 0 Å². The Morgan fingerprint density at radius 1 is 1.00 bits per heavy atom. The molecule has 0 saturated carbocycles. The highest BCUT2D eigenvalue weighted by Gasteiger charge is 2.21. The van der Waals surface area contributed by atoms with Crippen molar-refractivity contribution < 1.29 is 13.2 Å². The summed E-state index contributed by atoms with van der Waals surface area (Å²) >= 11 is 0. The molecule has 27 heavy (non-hydrogen) atoms. The number of hydrogen-bond donors (Lipinski definition) is 1. The van der Waals surface area contributed by atoms with Gasteiger partial charge in [0.15, 0.2) is 0 Å². The van der Waals surface area contributed by atoms with Crippen molar-refractivity contribution >= 4 is 21.5 Å². The molecule has 0 radical (unpaired) electrons. The second-order valence-electron chi connectivity index (χ2n) is 6.14. The van der Waals surface area contributed by atoms with E-state index in [0.717, 1.165) is 16.7 Å². The molecular formula is C21H26N2O3S. The Morgan fingerprint density at radius 2 is 1.59 bits per heavy atom. The summed E-state index contributed by atoms with van der Waals surface area (Å²) < 4.78 is 26.4. The summed E-state index contributed by atoms with van der Waals surface area (Å²) in [5.41, 5.74) is 2.72. The van der Waals surface area contributed by atoms with E-state index in [9.17, 15) is 13.2 Å². The fourth-order valence-corrected chi connectivity index (χ4v) is 4.17. The first-order valence-electron chi connectivity index (χ1n) is 8.99. The molecule has 144 valence electrons.